The number of carbonyl (C=O) groups excluding carboxylic acids is 1. The van der Waals surface area contributed by atoms with Crippen molar-refractivity contribution < 1.29 is 9.21 Å². The molecule has 7 heteroatoms. The van der Waals surface area contributed by atoms with E-state index in [9.17, 15) is 4.79 Å². The number of ketones is 1. The molecule has 4 N–H and O–H groups in total. The molecule has 1 atom stereocenters. The van der Waals surface area contributed by atoms with Crippen molar-refractivity contribution in [1.82, 2.24) is 9.97 Å². The molecule has 0 amide bonds. The molecule has 7 nitrogen and oxygen atoms in total. The molecule has 3 aromatic heterocycles. The molecular weight excluding hydrogens is 366 g/mol. The number of aromatic nitrogens is 2. The first-order valence-corrected chi connectivity index (χ1v) is 10.2. The van der Waals surface area contributed by atoms with Crippen LogP contribution in [0.25, 0.3) is 11.1 Å². The number of piperidine rings is 1. The Labute approximate surface area is 170 Å². The fourth-order valence-electron chi connectivity index (χ4n) is 4.09. The summed E-state index contributed by atoms with van der Waals surface area (Å²) < 4.78 is 5.66. The third kappa shape index (κ3) is 3.96. The van der Waals surface area contributed by atoms with E-state index in [0.717, 1.165) is 55.6 Å². The maximum atomic E-state index is 13.2. The van der Waals surface area contributed by atoms with Crippen LogP contribution < -0.4 is 16.4 Å². The summed E-state index contributed by atoms with van der Waals surface area (Å²) in [5.74, 6) is 0.00383. The van der Waals surface area contributed by atoms with E-state index < -0.39 is 0 Å². The molecule has 3 aromatic rings. The molecule has 29 heavy (non-hydrogen) atoms. The Morgan fingerprint density at radius 2 is 2.24 bits per heavy atom. The van der Waals surface area contributed by atoms with Crippen molar-refractivity contribution in [2.24, 2.45) is 5.73 Å². The van der Waals surface area contributed by atoms with Crippen molar-refractivity contribution in [2.45, 2.75) is 45.1 Å². The van der Waals surface area contributed by atoms with Crippen molar-refractivity contribution in [1.29, 1.82) is 0 Å². The fraction of sp³-hybridized carbons (Fsp3) is 0.409. The summed E-state index contributed by atoms with van der Waals surface area (Å²) in [6.07, 6.45) is 9.47. The molecule has 0 saturated carbocycles. The number of Topliss-reactive ketones (excluding diaryl/α,β-unsaturated/α-hetero) is 1. The van der Waals surface area contributed by atoms with Gasteiger partial charge in [-0.2, -0.15) is 0 Å². The number of nitrogens with zero attached hydrogens (tertiary/aromatic N) is 3. The SMILES string of the molecule is CCCc1cnc2c(C(=O)Cc3cnccc3N3CCC[C@H](N)C3)c(N)oc2c1. The van der Waals surface area contributed by atoms with E-state index in [1.54, 1.807) is 18.6 Å². The smallest absolute Gasteiger partial charge is 0.204 e. The van der Waals surface area contributed by atoms with Gasteiger partial charge in [0.15, 0.2) is 11.4 Å². The number of pyridine rings is 2. The Bertz CT molecular complexity index is 1030. The van der Waals surface area contributed by atoms with Gasteiger partial charge in [0.05, 0.1) is 0 Å². The largest absolute Gasteiger partial charge is 0.438 e. The van der Waals surface area contributed by atoms with Crippen LogP contribution in [0.1, 0.15) is 47.7 Å². The van der Waals surface area contributed by atoms with Crippen LogP contribution in [0.3, 0.4) is 0 Å². The number of hydrogen-bond acceptors (Lipinski definition) is 7. The first-order valence-electron chi connectivity index (χ1n) is 10.2. The fourth-order valence-corrected chi connectivity index (χ4v) is 4.09. The molecule has 0 aromatic carbocycles. The van der Waals surface area contributed by atoms with Gasteiger partial charge in [-0.15, -0.1) is 0 Å². The third-order valence-electron chi connectivity index (χ3n) is 5.46. The van der Waals surface area contributed by atoms with Gasteiger partial charge in [0.1, 0.15) is 11.1 Å². The van der Waals surface area contributed by atoms with Gasteiger partial charge in [-0.3, -0.25) is 14.8 Å². The lowest BCUT2D eigenvalue weighted by molar-refractivity contribution is 0.0994. The van der Waals surface area contributed by atoms with Crippen molar-refractivity contribution in [3.05, 3.63) is 47.4 Å². The molecule has 1 saturated heterocycles. The van der Waals surface area contributed by atoms with Crippen LogP contribution in [0.5, 0.6) is 0 Å². The molecule has 0 unspecified atom stereocenters. The van der Waals surface area contributed by atoms with E-state index in [2.05, 4.69) is 21.8 Å². The van der Waals surface area contributed by atoms with Crippen LogP contribution in [0, 0.1) is 0 Å². The van der Waals surface area contributed by atoms with E-state index >= 15 is 0 Å². The first kappa shape index (κ1) is 19.4. The highest BCUT2D eigenvalue weighted by molar-refractivity contribution is 6.10. The molecule has 0 spiro atoms. The second-order valence-electron chi connectivity index (χ2n) is 7.73. The van der Waals surface area contributed by atoms with Crippen molar-refractivity contribution in [3.63, 3.8) is 0 Å². The number of fused-ring (bicyclic) bond motifs is 1. The monoisotopic (exact) mass is 393 g/mol. The number of aryl methyl sites for hydroxylation is 1. The lowest BCUT2D eigenvalue weighted by atomic mass is 10.0. The van der Waals surface area contributed by atoms with E-state index in [0.29, 0.717) is 16.7 Å². The topological polar surface area (TPSA) is 111 Å². The highest BCUT2D eigenvalue weighted by atomic mass is 16.3. The Morgan fingerprint density at radius 3 is 3.03 bits per heavy atom. The number of nitrogen functional groups attached to an aromatic ring is 1. The summed E-state index contributed by atoms with van der Waals surface area (Å²) >= 11 is 0. The molecule has 152 valence electrons. The number of anilines is 2. The standard InChI is InChI=1S/C22H27N5O2/c1-2-4-14-9-19-21(26-11-14)20(22(24)29-19)18(28)10-15-12-25-7-6-17(15)27-8-3-5-16(23)13-27/h6-7,9,11-12,16H,2-5,8,10,13,23-24H2,1H3/t16-/m0/s1. The second-order valence-corrected chi connectivity index (χ2v) is 7.73. The summed E-state index contributed by atoms with van der Waals surface area (Å²) in [5, 5.41) is 0. The lowest BCUT2D eigenvalue weighted by Gasteiger charge is -2.33. The summed E-state index contributed by atoms with van der Waals surface area (Å²) in [6, 6.07) is 4.02. The van der Waals surface area contributed by atoms with Crippen LogP contribution in [0.4, 0.5) is 11.6 Å². The quantitative estimate of drug-likeness (QED) is 0.619. The van der Waals surface area contributed by atoms with E-state index in [4.69, 9.17) is 15.9 Å². The predicted octanol–water partition coefficient (Wildman–Crippen LogP) is 3.11. The third-order valence-corrected chi connectivity index (χ3v) is 5.46. The van der Waals surface area contributed by atoms with Crippen LogP contribution >= 0.6 is 0 Å². The molecule has 4 rings (SSSR count). The maximum Gasteiger partial charge on any atom is 0.204 e. The minimum atomic E-state index is -0.118. The van der Waals surface area contributed by atoms with Gasteiger partial charge in [0.2, 0.25) is 5.88 Å². The zero-order chi connectivity index (χ0) is 20.4. The molecule has 1 aliphatic heterocycles. The molecule has 1 fully saturated rings. The van der Waals surface area contributed by atoms with Gasteiger partial charge in [-0.05, 0) is 37.0 Å². The lowest BCUT2D eigenvalue weighted by Crippen LogP contribution is -2.43. The van der Waals surface area contributed by atoms with Crippen LogP contribution in [0.15, 0.2) is 35.1 Å². The summed E-state index contributed by atoms with van der Waals surface area (Å²) in [4.78, 5) is 24.1. The number of hydrogen-bond donors (Lipinski definition) is 2. The Morgan fingerprint density at radius 1 is 1.38 bits per heavy atom. The molecular formula is C22H27N5O2. The zero-order valence-electron chi connectivity index (χ0n) is 16.7. The van der Waals surface area contributed by atoms with Crippen LogP contribution in [0.2, 0.25) is 0 Å². The minimum Gasteiger partial charge on any atom is -0.438 e. The van der Waals surface area contributed by atoms with E-state index in [-0.39, 0.29) is 24.1 Å². The number of carbonyl (C=O) groups is 1. The molecule has 0 aliphatic carbocycles. The zero-order valence-corrected chi connectivity index (χ0v) is 16.7. The predicted molar refractivity (Wildman–Crippen MR) is 114 cm³/mol. The Hall–Kier alpha value is -2.93. The van der Waals surface area contributed by atoms with Crippen LogP contribution in [-0.4, -0.2) is 34.9 Å². The first-order chi connectivity index (χ1) is 14.1. The van der Waals surface area contributed by atoms with Crippen molar-refractivity contribution >= 4 is 28.5 Å². The second kappa shape index (κ2) is 8.21. The minimum absolute atomic E-state index is 0.118. The van der Waals surface area contributed by atoms with E-state index in [1.807, 2.05) is 12.1 Å². The number of furan rings is 1. The van der Waals surface area contributed by atoms with Gasteiger partial charge in [0, 0.05) is 55.4 Å². The number of rotatable bonds is 6. The molecule has 4 heterocycles. The summed E-state index contributed by atoms with van der Waals surface area (Å²) in [5.41, 5.74) is 16.6. The molecule has 0 radical (unpaired) electrons. The van der Waals surface area contributed by atoms with Gasteiger partial charge < -0.3 is 20.8 Å². The maximum absolute atomic E-state index is 13.2. The van der Waals surface area contributed by atoms with E-state index in [1.165, 1.54) is 0 Å². The van der Waals surface area contributed by atoms with Gasteiger partial charge in [-0.25, -0.2) is 0 Å². The molecule has 1 aliphatic rings. The summed E-state index contributed by atoms with van der Waals surface area (Å²) in [7, 11) is 0. The summed E-state index contributed by atoms with van der Waals surface area (Å²) in [6.45, 7) is 3.82. The number of nitrogens with two attached hydrogens (primary N) is 2. The van der Waals surface area contributed by atoms with Crippen molar-refractivity contribution in [2.75, 3.05) is 23.7 Å². The highest BCUT2D eigenvalue weighted by Crippen LogP contribution is 2.30. The van der Waals surface area contributed by atoms with Gasteiger partial charge in [-0.1, -0.05) is 13.3 Å². The highest BCUT2D eigenvalue weighted by Gasteiger charge is 2.24. The Balaban J connectivity index is 1.63. The van der Waals surface area contributed by atoms with Crippen molar-refractivity contribution in [3.8, 4) is 0 Å². The average molecular weight is 393 g/mol. The Kier molecular flexibility index (Phi) is 5.49. The van der Waals surface area contributed by atoms with Crippen LogP contribution in [-0.2, 0) is 12.8 Å². The normalized spacial score (nSPS) is 17.0. The average Bonchev–Trinajstić information content (AvgIpc) is 3.03. The van der Waals surface area contributed by atoms with Gasteiger partial charge in [0.25, 0.3) is 0 Å². The molecule has 0 bridgehead atoms. The van der Waals surface area contributed by atoms with Gasteiger partial charge >= 0.3 is 0 Å².